The summed E-state index contributed by atoms with van der Waals surface area (Å²) in [6.07, 6.45) is 8.54. The first-order valence-electron chi connectivity index (χ1n) is 9.13. The summed E-state index contributed by atoms with van der Waals surface area (Å²) >= 11 is 0. The predicted molar refractivity (Wildman–Crippen MR) is 98.4 cm³/mol. The van der Waals surface area contributed by atoms with Gasteiger partial charge in [-0.1, -0.05) is 33.3 Å². The van der Waals surface area contributed by atoms with Crippen LogP contribution in [0.25, 0.3) is 0 Å². The number of aliphatic imine (C=N–C) groups is 1. The molecule has 0 aromatic rings. The largest absolute Gasteiger partial charge is 0.486 e. The lowest BCUT2D eigenvalue weighted by Crippen LogP contribution is -2.44. The van der Waals surface area contributed by atoms with E-state index in [1.807, 2.05) is 26.8 Å². The number of carbonyl (C=O) groups excluding carboxylic acids is 2. The Balaban J connectivity index is 2.53. The Kier molecular flexibility index (Phi) is 10.1. The zero-order valence-corrected chi connectivity index (χ0v) is 15.9. The van der Waals surface area contributed by atoms with E-state index in [9.17, 15) is 9.59 Å². The Morgan fingerprint density at radius 3 is 2.72 bits per heavy atom. The molecule has 2 unspecified atom stereocenters. The molecule has 1 amide bonds. The van der Waals surface area contributed by atoms with Gasteiger partial charge < -0.3 is 19.6 Å². The number of allylic oxidation sites excluding steroid dienone is 1. The maximum Gasteiger partial charge on any atom is 0.223 e. The number of ether oxygens (including phenoxy) is 2. The van der Waals surface area contributed by atoms with E-state index in [-0.39, 0.29) is 23.8 Å². The molecule has 1 aliphatic rings. The molecule has 1 saturated carbocycles. The summed E-state index contributed by atoms with van der Waals surface area (Å²) in [5.74, 6) is -0.0423. The van der Waals surface area contributed by atoms with Crippen molar-refractivity contribution >= 4 is 18.6 Å². The molecule has 1 rings (SSSR count). The topological polar surface area (TPSA) is 77.0 Å². The molecule has 1 fully saturated rings. The Morgan fingerprint density at radius 2 is 2.12 bits per heavy atom. The fourth-order valence-corrected chi connectivity index (χ4v) is 2.88. The quantitative estimate of drug-likeness (QED) is 0.373. The zero-order chi connectivity index (χ0) is 18.7. The molecular weight excluding hydrogens is 320 g/mol. The molecular formula is C19H32N2O4. The van der Waals surface area contributed by atoms with E-state index in [2.05, 4.69) is 10.3 Å². The maximum absolute atomic E-state index is 12.4. The normalized spacial score (nSPS) is 22.8. The minimum atomic E-state index is -0.420. The highest BCUT2D eigenvalue weighted by Crippen LogP contribution is 2.27. The highest BCUT2D eigenvalue weighted by Gasteiger charge is 2.29. The van der Waals surface area contributed by atoms with Crippen LogP contribution < -0.4 is 5.32 Å². The van der Waals surface area contributed by atoms with Crippen LogP contribution in [0.4, 0.5) is 0 Å². The maximum atomic E-state index is 12.4. The Bertz CT molecular complexity index is 474. The second kappa shape index (κ2) is 11.8. The van der Waals surface area contributed by atoms with Crippen LogP contribution in [-0.4, -0.2) is 44.5 Å². The molecule has 0 aromatic heterocycles. The van der Waals surface area contributed by atoms with Crippen molar-refractivity contribution in [1.29, 1.82) is 0 Å². The summed E-state index contributed by atoms with van der Waals surface area (Å²) in [4.78, 5) is 27.7. The van der Waals surface area contributed by atoms with Crippen molar-refractivity contribution in [3.63, 3.8) is 0 Å². The summed E-state index contributed by atoms with van der Waals surface area (Å²) < 4.78 is 10.8. The number of carbonyl (C=O) groups is 2. The fourth-order valence-electron chi connectivity index (χ4n) is 2.88. The molecule has 0 heterocycles. The molecule has 1 N–H and O–H groups in total. The molecule has 6 nitrogen and oxygen atoms in total. The van der Waals surface area contributed by atoms with Gasteiger partial charge in [-0.15, -0.1) is 0 Å². The number of rotatable bonds is 10. The number of hydrogen-bond donors (Lipinski definition) is 1. The van der Waals surface area contributed by atoms with Gasteiger partial charge in [0, 0.05) is 5.92 Å². The van der Waals surface area contributed by atoms with Crippen LogP contribution in [0.3, 0.4) is 0 Å². The smallest absolute Gasteiger partial charge is 0.223 e. The summed E-state index contributed by atoms with van der Waals surface area (Å²) in [7, 11) is 1.56. The van der Waals surface area contributed by atoms with Crippen molar-refractivity contribution in [2.45, 2.75) is 65.0 Å². The van der Waals surface area contributed by atoms with Crippen molar-refractivity contribution in [2.75, 3.05) is 13.7 Å². The van der Waals surface area contributed by atoms with Gasteiger partial charge in [0.25, 0.3) is 0 Å². The molecule has 1 aliphatic carbocycles. The highest BCUT2D eigenvalue weighted by atomic mass is 16.5. The first-order chi connectivity index (χ1) is 12.0. The second-order valence-electron chi connectivity index (χ2n) is 6.78. The van der Waals surface area contributed by atoms with E-state index in [1.165, 1.54) is 6.40 Å². The van der Waals surface area contributed by atoms with Crippen LogP contribution in [-0.2, 0) is 19.1 Å². The van der Waals surface area contributed by atoms with Crippen LogP contribution in [0.15, 0.2) is 16.8 Å². The molecule has 142 valence electrons. The van der Waals surface area contributed by atoms with Crippen LogP contribution in [0.2, 0.25) is 0 Å². The first-order valence-corrected chi connectivity index (χ1v) is 9.13. The molecule has 0 aliphatic heterocycles. The third-order valence-corrected chi connectivity index (χ3v) is 4.40. The lowest BCUT2D eigenvalue weighted by atomic mass is 9.86. The molecule has 0 radical (unpaired) electrons. The number of methoxy groups -OCH3 is 1. The number of aldehydes is 1. The molecule has 3 atom stereocenters. The molecule has 0 spiro atoms. The van der Waals surface area contributed by atoms with Crippen molar-refractivity contribution < 1.29 is 19.1 Å². The van der Waals surface area contributed by atoms with Crippen molar-refractivity contribution in [3.8, 4) is 0 Å². The number of amides is 1. The van der Waals surface area contributed by atoms with Gasteiger partial charge >= 0.3 is 0 Å². The van der Waals surface area contributed by atoms with Crippen LogP contribution >= 0.6 is 0 Å². The van der Waals surface area contributed by atoms with Gasteiger partial charge in [0.1, 0.15) is 6.29 Å². The second-order valence-corrected chi connectivity index (χ2v) is 6.78. The van der Waals surface area contributed by atoms with Gasteiger partial charge in [-0.25, -0.2) is 4.99 Å². The highest BCUT2D eigenvalue weighted by molar-refractivity contribution is 5.82. The summed E-state index contributed by atoms with van der Waals surface area (Å²) in [6, 6.07) is -0.420. The van der Waals surface area contributed by atoms with E-state index in [0.717, 1.165) is 37.7 Å². The Labute approximate surface area is 151 Å². The number of hydrogen-bond acceptors (Lipinski definition) is 5. The summed E-state index contributed by atoms with van der Waals surface area (Å²) in [6.45, 7) is 6.31. The third-order valence-electron chi connectivity index (χ3n) is 4.40. The van der Waals surface area contributed by atoms with E-state index < -0.39 is 6.04 Å². The van der Waals surface area contributed by atoms with E-state index >= 15 is 0 Å². The van der Waals surface area contributed by atoms with Gasteiger partial charge in [0.15, 0.2) is 6.40 Å². The number of nitrogens with one attached hydrogen (secondary N) is 1. The zero-order valence-electron chi connectivity index (χ0n) is 15.9. The van der Waals surface area contributed by atoms with Gasteiger partial charge in [-0.05, 0) is 31.6 Å². The van der Waals surface area contributed by atoms with Gasteiger partial charge in [0.2, 0.25) is 5.91 Å². The van der Waals surface area contributed by atoms with Gasteiger partial charge in [0.05, 0.1) is 31.6 Å². The molecule has 0 bridgehead atoms. The van der Waals surface area contributed by atoms with Crippen molar-refractivity contribution in [2.24, 2.45) is 16.8 Å². The lowest BCUT2D eigenvalue weighted by molar-refractivity contribution is -0.130. The van der Waals surface area contributed by atoms with E-state index in [0.29, 0.717) is 13.0 Å². The van der Waals surface area contributed by atoms with Gasteiger partial charge in [-0.2, -0.15) is 0 Å². The van der Waals surface area contributed by atoms with Crippen molar-refractivity contribution in [3.05, 3.63) is 11.8 Å². The average molecular weight is 352 g/mol. The molecule has 25 heavy (non-hydrogen) atoms. The average Bonchev–Trinajstić information content (AvgIpc) is 2.61. The summed E-state index contributed by atoms with van der Waals surface area (Å²) in [5.41, 5.74) is 0.830. The minimum Gasteiger partial charge on any atom is -0.486 e. The number of nitrogens with zero attached hydrogens (tertiary/aromatic N) is 1. The van der Waals surface area contributed by atoms with Crippen LogP contribution in [0.1, 0.15) is 52.9 Å². The van der Waals surface area contributed by atoms with Crippen molar-refractivity contribution in [1.82, 2.24) is 5.32 Å². The minimum absolute atomic E-state index is 0.0382. The van der Waals surface area contributed by atoms with Crippen LogP contribution in [0.5, 0.6) is 0 Å². The van der Waals surface area contributed by atoms with Gasteiger partial charge in [-0.3, -0.25) is 4.79 Å². The first kappa shape index (κ1) is 21.4. The fraction of sp³-hybridized carbons (Fsp3) is 0.737. The molecule has 0 saturated heterocycles. The van der Waals surface area contributed by atoms with E-state index in [4.69, 9.17) is 9.47 Å². The standard InChI is InChI=1S/C19H32N2O4/c1-5-7-16(20-13-24-4)12-25-17-9-6-8-15(10-17)19(23)21-18(11-22)14(2)3/h7,11,13-15,17-18H,5-6,8-10,12H2,1-4H3,(H,21,23)/b16-7+,20-13?/t15?,17?,18-/m1/s1. The monoisotopic (exact) mass is 352 g/mol. The SMILES string of the molecule is CC/C=C(\COC1CCCC(C(=O)N[C@H](C=O)C(C)C)C1)N=COC. The lowest BCUT2D eigenvalue weighted by Gasteiger charge is -2.29. The summed E-state index contributed by atoms with van der Waals surface area (Å²) in [5, 5.41) is 2.86. The molecule has 6 heteroatoms. The Hall–Kier alpha value is -1.69. The van der Waals surface area contributed by atoms with Crippen LogP contribution in [0, 0.1) is 11.8 Å². The predicted octanol–water partition coefficient (Wildman–Crippen LogP) is 2.87. The molecule has 0 aromatic carbocycles. The third kappa shape index (κ3) is 7.82. The van der Waals surface area contributed by atoms with E-state index in [1.54, 1.807) is 7.11 Å². The Morgan fingerprint density at radius 1 is 1.36 bits per heavy atom.